The van der Waals surface area contributed by atoms with E-state index in [1.165, 1.54) is 6.07 Å². The predicted molar refractivity (Wildman–Crippen MR) is 53.8 cm³/mol. The Morgan fingerprint density at radius 3 is 2.50 bits per heavy atom. The number of rotatable bonds is 2. The van der Waals surface area contributed by atoms with Crippen molar-refractivity contribution < 1.29 is 10.0 Å². The maximum Gasteiger partial charge on any atom is 0.277 e. The quantitative estimate of drug-likeness (QED) is 0.469. The fraction of sp³-hybridized carbons (Fsp3) is 0.333. The molecule has 1 N–H and O–H groups in total. The van der Waals surface area contributed by atoms with Crippen LogP contribution in [0.1, 0.15) is 16.7 Å². The van der Waals surface area contributed by atoms with Gasteiger partial charge in [0.05, 0.1) is 10.8 Å². The summed E-state index contributed by atoms with van der Waals surface area (Å²) in [4.78, 5) is 10.3. The SMILES string of the molecule is Cc1c(O)cc(CCl)c([N+](=O)[O-])c1C. The van der Waals surface area contributed by atoms with Crippen LogP contribution in [-0.4, -0.2) is 10.0 Å². The molecule has 0 saturated carbocycles. The van der Waals surface area contributed by atoms with Crippen LogP contribution in [-0.2, 0) is 5.88 Å². The molecule has 0 fully saturated rings. The van der Waals surface area contributed by atoms with E-state index < -0.39 is 4.92 Å². The second-order valence-corrected chi connectivity index (χ2v) is 3.31. The molecule has 0 spiro atoms. The predicted octanol–water partition coefficient (Wildman–Crippen LogP) is 2.66. The summed E-state index contributed by atoms with van der Waals surface area (Å²) in [5, 5.41) is 20.2. The number of nitro groups is 1. The number of nitrogens with zero attached hydrogens (tertiary/aromatic N) is 1. The third kappa shape index (κ3) is 1.65. The number of halogens is 1. The molecule has 0 aliphatic rings. The number of phenolic OH excluding ortho intramolecular Hbond substituents is 1. The maximum absolute atomic E-state index is 10.7. The zero-order valence-electron chi connectivity index (χ0n) is 7.87. The van der Waals surface area contributed by atoms with Gasteiger partial charge in [-0.2, -0.15) is 0 Å². The molecule has 0 bridgehead atoms. The number of aromatic hydroxyl groups is 1. The van der Waals surface area contributed by atoms with Gasteiger partial charge in [0, 0.05) is 16.7 Å². The van der Waals surface area contributed by atoms with Crippen molar-refractivity contribution >= 4 is 17.3 Å². The average Bonchev–Trinajstić information content (AvgIpc) is 2.12. The topological polar surface area (TPSA) is 63.4 Å². The molecule has 0 heterocycles. The molecular formula is C9H10ClNO3. The molecule has 0 aromatic heterocycles. The Hall–Kier alpha value is -1.29. The van der Waals surface area contributed by atoms with E-state index in [4.69, 9.17) is 11.6 Å². The number of hydrogen-bond donors (Lipinski definition) is 1. The van der Waals surface area contributed by atoms with E-state index in [9.17, 15) is 15.2 Å². The monoisotopic (exact) mass is 215 g/mol. The standard InChI is InChI=1S/C9H10ClNO3/c1-5-6(2)9(11(13)14)7(4-10)3-8(5)12/h3,12H,4H2,1-2H3. The van der Waals surface area contributed by atoms with E-state index in [-0.39, 0.29) is 17.3 Å². The number of benzene rings is 1. The van der Waals surface area contributed by atoms with Gasteiger partial charge in [-0.15, -0.1) is 11.6 Å². The molecule has 76 valence electrons. The summed E-state index contributed by atoms with van der Waals surface area (Å²) in [6, 6.07) is 1.34. The average molecular weight is 216 g/mol. The van der Waals surface area contributed by atoms with Gasteiger partial charge >= 0.3 is 0 Å². The minimum absolute atomic E-state index is 0.00435. The Bertz CT molecular complexity index is 390. The van der Waals surface area contributed by atoms with Gasteiger partial charge in [-0.3, -0.25) is 10.1 Å². The summed E-state index contributed by atoms with van der Waals surface area (Å²) in [6.07, 6.45) is 0. The summed E-state index contributed by atoms with van der Waals surface area (Å²) in [7, 11) is 0. The molecule has 0 saturated heterocycles. The first kappa shape index (κ1) is 10.8. The molecule has 0 amide bonds. The second-order valence-electron chi connectivity index (χ2n) is 3.04. The van der Waals surface area contributed by atoms with Crippen LogP contribution in [0.25, 0.3) is 0 Å². The van der Waals surface area contributed by atoms with Crippen molar-refractivity contribution in [2.75, 3.05) is 0 Å². The molecule has 4 nitrogen and oxygen atoms in total. The highest BCUT2D eigenvalue weighted by atomic mass is 35.5. The van der Waals surface area contributed by atoms with E-state index in [2.05, 4.69) is 0 Å². The zero-order valence-corrected chi connectivity index (χ0v) is 8.63. The molecule has 14 heavy (non-hydrogen) atoms. The molecule has 0 atom stereocenters. The zero-order chi connectivity index (χ0) is 10.9. The van der Waals surface area contributed by atoms with E-state index in [0.717, 1.165) is 0 Å². The minimum Gasteiger partial charge on any atom is -0.508 e. The Kier molecular flexibility index (Phi) is 2.96. The smallest absolute Gasteiger partial charge is 0.277 e. The largest absolute Gasteiger partial charge is 0.508 e. The lowest BCUT2D eigenvalue weighted by Crippen LogP contribution is -1.99. The highest BCUT2D eigenvalue weighted by Gasteiger charge is 2.20. The Morgan fingerprint density at radius 2 is 2.07 bits per heavy atom. The number of hydrogen-bond acceptors (Lipinski definition) is 3. The number of phenols is 1. The van der Waals surface area contributed by atoms with Crippen molar-refractivity contribution in [2.24, 2.45) is 0 Å². The molecular weight excluding hydrogens is 206 g/mol. The van der Waals surface area contributed by atoms with Gasteiger partial charge in [0.1, 0.15) is 5.75 Å². The van der Waals surface area contributed by atoms with E-state index >= 15 is 0 Å². The first-order valence-electron chi connectivity index (χ1n) is 4.01. The van der Waals surface area contributed by atoms with Gasteiger partial charge in [-0.25, -0.2) is 0 Å². The molecule has 1 aromatic carbocycles. The van der Waals surface area contributed by atoms with Crippen LogP contribution in [0.4, 0.5) is 5.69 Å². The summed E-state index contributed by atoms with van der Waals surface area (Å²) in [5.74, 6) is 0.0640. The lowest BCUT2D eigenvalue weighted by molar-refractivity contribution is -0.386. The lowest BCUT2D eigenvalue weighted by atomic mass is 10.0. The highest BCUT2D eigenvalue weighted by molar-refractivity contribution is 6.17. The Morgan fingerprint density at radius 1 is 1.50 bits per heavy atom. The van der Waals surface area contributed by atoms with E-state index in [1.807, 2.05) is 0 Å². The van der Waals surface area contributed by atoms with Crippen LogP contribution < -0.4 is 0 Å². The molecule has 0 aliphatic carbocycles. The Labute approximate surface area is 86.3 Å². The molecule has 1 rings (SSSR count). The van der Waals surface area contributed by atoms with Gasteiger partial charge < -0.3 is 5.11 Å². The third-order valence-electron chi connectivity index (χ3n) is 2.24. The van der Waals surface area contributed by atoms with Gasteiger partial charge in [0.15, 0.2) is 0 Å². The Balaban J connectivity index is 3.53. The van der Waals surface area contributed by atoms with Crippen LogP contribution in [0.3, 0.4) is 0 Å². The molecule has 0 unspecified atom stereocenters. The van der Waals surface area contributed by atoms with Crippen molar-refractivity contribution in [1.29, 1.82) is 0 Å². The van der Waals surface area contributed by atoms with Crippen molar-refractivity contribution in [2.45, 2.75) is 19.7 Å². The van der Waals surface area contributed by atoms with Crippen molar-refractivity contribution in [3.05, 3.63) is 32.9 Å². The van der Waals surface area contributed by atoms with Gasteiger partial charge in [-0.05, 0) is 19.9 Å². The third-order valence-corrected chi connectivity index (χ3v) is 2.53. The number of nitro benzene ring substituents is 1. The summed E-state index contributed by atoms with van der Waals surface area (Å²) in [5.41, 5.74) is 1.32. The fourth-order valence-corrected chi connectivity index (χ4v) is 1.51. The number of alkyl halides is 1. The summed E-state index contributed by atoms with van der Waals surface area (Å²) < 4.78 is 0. The highest BCUT2D eigenvalue weighted by Crippen LogP contribution is 2.33. The second kappa shape index (κ2) is 3.84. The van der Waals surface area contributed by atoms with Gasteiger partial charge in [0.2, 0.25) is 0 Å². The van der Waals surface area contributed by atoms with Crippen LogP contribution >= 0.6 is 11.6 Å². The van der Waals surface area contributed by atoms with Crippen LogP contribution in [0.15, 0.2) is 6.07 Å². The molecule has 1 aromatic rings. The van der Waals surface area contributed by atoms with E-state index in [1.54, 1.807) is 13.8 Å². The van der Waals surface area contributed by atoms with Crippen molar-refractivity contribution in [3.63, 3.8) is 0 Å². The van der Waals surface area contributed by atoms with Gasteiger partial charge in [-0.1, -0.05) is 0 Å². The summed E-state index contributed by atoms with van der Waals surface area (Å²) >= 11 is 5.56. The van der Waals surface area contributed by atoms with Crippen molar-refractivity contribution in [3.8, 4) is 5.75 Å². The van der Waals surface area contributed by atoms with Crippen LogP contribution in [0.5, 0.6) is 5.75 Å². The van der Waals surface area contributed by atoms with E-state index in [0.29, 0.717) is 16.7 Å². The molecule has 0 radical (unpaired) electrons. The lowest BCUT2D eigenvalue weighted by Gasteiger charge is -2.07. The minimum atomic E-state index is -0.473. The first-order valence-corrected chi connectivity index (χ1v) is 4.55. The van der Waals surface area contributed by atoms with Crippen LogP contribution in [0, 0.1) is 24.0 Å². The van der Waals surface area contributed by atoms with Crippen molar-refractivity contribution in [1.82, 2.24) is 0 Å². The maximum atomic E-state index is 10.7. The first-order chi connectivity index (χ1) is 6.49. The fourth-order valence-electron chi connectivity index (χ4n) is 1.31. The molecule has 5 heteroatoms. The normalized spacial score (nSPS) is 10.2. The van der Waals surface area contributed by atoms with Gasteiger partial charge in [0.25, 0.3) is 5.69 Å². The molecule has 0 aliphatic heterocycles. The summed E-state index contributed by atoms with van der Waals surface area (Å²) in [6.45, 7) is 3.24. The van der Waals surface area contributed by atoms with Crippen LogP contribution in [0.2, 0.25) is 0 Å².